The molecule has 4 heterocycles. The first kappa shape index (κ1) is 22.3. The van der Waals surface area contributed by atoms with Crippen molar-refractivity contribution >= 4 is 22.5 Å². The molecular weight excluding hydrogens is 432 g/mol. The largest absolute Gasteiger partial charge is 0.370 e. The van der Waals surface area contributed by atoms with Crippen molar-refractivity contribution in [3.63, 3.8) is 0 Å². The van der Waals surface area contributed by atoms with Crippen molar-refractivity contribution in [3.8, 4) is 0 Å². The molecule has 2 aromatic heterocycles. The molecule has 0 unspecified atom stereocenters. The predicted molar refractivity (Wildman–Crippen MR) is 131 cm³/mol. The van der Waals surface area contributed by atoms with E-state index in [9.17, 15) is 14.4 Å². The predicted octanol–water partition coefficient (Wildman–Crippen LogP) is 1.57. The lowest BCUT2D eigenvalue weighted by molar-refractivity contribution is -0.0239. The van der Waals surface area contributed by atoms with Crippen LogP contribution >= 0.6 is 0 Å². The van der Waals surface area contributed by atoms with Crippen LogP contribution in [0.1, 0.15) is 35.8 Å². The van der Waals surface area contributed by atoms with Gasteiger partial charge in [0.05, 0.1) is 22.8 Å². The third kappa shape index (κ3) is 4.00. The Morgan fingerprint density at radius 2 is 1.91 bits per heavy atom. The lowest BCUT2D eigenvalue weighted by Crippen LogP contribution is -2.59. The summed E-state index contributed by atoms with van der Waals surface area (Å²) in [6.07, 6.45) is 4.04. The Hall–Kier alpha value is -3.46. The number of fused-ring (bicyclic) bond motifs is 1. The van der Waals surface area contributed by atoms with Gasteiger partial charge in [0, 0.05) is 46.3 Å². The van der Waals surface area contributed by atoms with Crippen molar-refractivity contribution in [2.24, 2.45) is 5.41 Å². The van der Waals surface area contributed by atoms with Crippen molar-refractivity contribution < 1.29 is 4.79 Å². The minimum absolute atomic E-state index is 0.172. The summed E-state index contributed by atoms with van der Waals surface area (Å²) < 4.78 is 1.22. The minimum Gasteiger partial charge on any atom is -0.370 e. The van der Waals surface area contributed by atoms with Crippen molar-refractivity contribution in [2.75, 3.05) is 38.1 Å². The minimum atomic E-state index is -0.356. The van der Waals surface area contributed by atoms with E-state index >= 15 is 0 Å². The molecule has 0 aliphatic carbocycles. The number of pyridine rings is 1. The Morgan fingerprint density at radius 3 is 2.56 bits per heavy atom. The molecule has 5 rings (SSSR count). The first-order chi connectivity index (χ1) is 16.4. The zero-order valence-corrected chi connectivity index (χ0v) is 19.6. The van der Waals surface area contributed by atoms with Gasteiger partial charge >= 0.3 is 5.69 Å². The molecule has 178 valence electrons. The normalized spacial score (nSPS) is 17.6. The molecule has 1 aromatic carbocycles. The van der Waals surface area contributed by atoms with Gasteiger partial charge in [-0.15, -0.1) is 0 Å². The maximum Gasteiger partial charge on any atom is 0.328 e. The van der Waals surface area contributed by atoms with Crippen LogP contribution < -0.4 is 21.5 Å². The summed E-state index contributed by atoms with van der Waals surface area (Å²) in [6.45, 7) is 7.04. The molecule has 1 spiro atoms. The third-order valence-electron chi connectivity index (χ3n) is 7.28. The van der Waals surface area contributed by atoms with Gasteiger partial charge in [-0.3, -0.25) is 19.1 Å². The van der Waals surface area contributed by atoms with Gasteiger partial charge in [0.2, 0.25) is 0 Å². The lowest BCUT2D eigenvalue weighted by atomic mass is 9.72. The van der Waals surface area contributed by atoms with Gasteiger partial charge in [-0.05, 0) is 55.0 Å². The molecule has 2 N–H and O–H groups in total. The average Bonchev–Trinajstić information content (AvgIpc) is 2.83. The summed E-state index contributed by atoms with van der Waals surface area (Å²) in [7, 11) is 1.61. The number of amides is 1. The molecular formula is C25H30N6O3. The van der Waals surface area contributed by atoms with E-state index in [1.54, 1.807) is 26.2 Å². The fourth-order valence-electron chi connectivity index (χ4n) is 5.35. The van der Waals surface area contributed by atoms with Crippen LogP contribution in [0.25, 0.3) is 10.9 Å². The number of nitrogens with zero attached hydrogens (tertiary/aromatic N) is 4. The van der Waals surface area contributed by atoms with Crippen LogP contribution in [-0.2, 0) is 13.1 Å². The first-order valence-corrected chi connectivity index (χ1v) is 11.8. The maximum atomic E-state index is 12.5. The van der Waals surface area contributed by atoms with Gasteiger partial charge in [0.15, 0.2) is 0 Å². The van der Waals surface area contributed by atoms with Crippen LogP contribution in [-0.4, -0.2) is 58.6 Å². The number of piperidine rings is 1. The summed E-state index contributed by atoms with van der Waals surface area (Å²) >= 11 is 0. The number of aromatic nitrogens is 3. The summed E-state index contributed by atoms with van der Waals surface area (Å²) in [6, 6.07) is 9.50. The van der Waals surface area contributed by atoms with Crippen LogP contribution in [0.4, 0.5) is 5.69 Å². The molecule has 2 fully saturated rings. The molecule has 0 saturated carbocycles. The fourth-order valence-corrected chi connectivity index (χ4v) is 5.35. The first-order valence-electron chi connectivity index (χ1n) is 11.8. The zero-order chi connectivity index (χ0) is 23.9. The SMILES string of the molecule is CCn1c(=O)[nH]c2cc(CN3CC4(CCN(c5ccc(C(=O)NC)nc5)CC4)C3)ccc2c1=O. The molecule has 2 aliphatic rings. The molecule has 2 aliphatic heterocycles. The molecule has 3 aromatic rings. The van der Waals surface area contributed by atoms with E-state index in [4.69, 9.17) is 0 Å². The number of carbonyl (C=O) groups excluding carboxylic acids is 1. The fraction of sp³-hybridized carbons (Fsp3) is 0.440. The highest BCUT2D eigenvalue weighted by atomic mass is 16.2. The average molecular weight is 463 g/mol. The number of aromatic amines is 1. The van der Waals surface area contributed by atoms with Crippen molar-refractivity contribution in [1.29, 1.82) is 0 Å². The Labute approximate surface area is 197 Å². The number of rotatable bonds is 5. The third-order valence-corrected chi connectivity index (χ3v) is 7.28. The van der Waals surface area contributed by atoms with E-state index in [0.29, 0.717) is 28.6 Å². The number of likely N-dealkylation sites (tertiary alicyclic amines) is 1. The van der Waals surface area contributed by atoms with Crippen LogP contribution in [0, 0.1) is 5.41 Å². The number of benzene rings is 1. The topological polar surface area (TPSA) is 103 Å². The van der Waals surface area contributed by atoms with Gasteiger partial charge < -0.3 is 15.2 Å². The zero-order valence-electron chi connectivity index (χ0n) is 19.6. The van der Waals surface area contributed by atoms with Crippen LogP contribution in [0.15, 0.2) is 46.1 Å². The molecule has 9 nitrogen and oxygen atoms in total. The van der Waals surface area contributed by atoms with Gasteiger partial charge in [0.1, 0.15) is 5.69 Å². The highest BCUT2D eigenvalue weighted by Crippen LogP contribution is 2.41. The second kappa shape index (κ2) is 8.72. The van der Waals surface area contributed by atoms with Gasteiger partial charge in [-0.2, -0.15) is 0 Å². The highest BCUT2D eigenvalue weighted by Gasteiger charge is 2.44. The second-order valence-electron chi connectivity index (χ2n) is 9.47. The number of hydrogen-bond acceptors (Lipinski definition) is 6. The summed E-state index contributed by atoms with van der Waals surface area (Å²) in [5.41, 5.74) is 2.97. The van der Waals surface area contributed by atoms with E-state index in [0.717, 1.165) is 56.8 Å². The molecule has 9 heteroatoms. The quantitative estimate of drug-likeness (QED) is 0.597. The highest BCUT2D eigenvalue weighted by molar-refractivity contribution is 5.92. The Morgan fingerprint density at radius 1 is 1.15 bits per heavy atom. The monoisotopic (exact) mass is 462 g/mol. The molecule has 0 radical (unpaired) electrons. The number of H-pyrrole nitrogens is 1. The van der Waals surface area contributed by atoms with Crippen LogP contribution in [0.2, 0.25) is 0 Å². The van der Waals surface area contributed by atoms with Gasteiger partial charge in [-0.25, -0.2) is 9.78 Å². The number of nitrogens with one attached hydrogen (secondary N) is 2. The van der Waals surface area contributed by atoms with E-state index in [1.807, 2.05) is 24.3 Å². The van der Waals surface area contributed by atoms with Gasteiger partial charge in [0.25, 0.3) is 11.5 Å². The standard InChI is InChI=1S/C25H30N6O3/c1-3-31-23(33)19-6-4-17(12-21(19)28-24(31)34)14-29-15-25(16-29)8-10-30(11-9-25)18-5-7-20(27-13-18)22(32)26-2/h4-7,12-13H,3,8-11,14-16H2,1-2H3,(H,26,32)(H,28,34). The number of anilines is 1. The molecule has 0 bridgehead atoms. The van der Waals surface area contributed by atoms with E-state index in [-0.39, 0.29) is 17.2 Å². The summed E-state index contributed by atoms with van der Waals surface area (Å²) in [5, 5.41) is 3.15. The van der Waals surface area contributed by atoms with Crippen molar-refractivity contribution in [1.82, 2.24) is 24.8 Å². The van der Waals surface area contributed by atoms with E-state index in [2.05, 4.69) is 25.1 Å². The molecule has 34 heavy (non-hydrogen) atoms. The molecule has 2 saturated heterocycles. The second-order valence-corrected chi connectivity index (χ2v) is 9.47. The van der Waals surface area contributed by atoms with Crippen molar-refractivity contribution in [2.45, 2.75) is 32.9 Å². The Bertz CT molecular complexity index is 1330. The number of hydrogen-bond donors (Lipinski definition) is 2. The molecule has 1 amide bonds. The number of carbonyl (C=O) groups is 1. The summed E-state index contributed by atoms with van der Waals surface area (Å²) in [5.74, 6) is -0.172. The van der Waals surface area contributed by atoms with E-state index in [1.165, 1.54) is 4.57 Å². The van der Waals surface area contributed by atoms with Crippen molar-refractivity contribution in [3.05, 3.63) is 68.6 Å². The molecule has 0 atom stereocenters. The Balaban J connectivity index is 1.18. The smallest absolute Gasteiger partial charge is 0.328 e. The lowest BCUT2D eigenvalue weighted by Gasteiger charge is -2.54. The van der Waals surface area contributed by atoms with E-state index < -0.39 is 0 Å². The maximum absolute atomic E-state index is 12.5. The van der Waals surface area contributed by atoms with Gasteiger partial charge in [-0.1, -0.05) is 6.07 Å². The van der Waals surface area contributed by atoms with Crippen LogP contribution in [0.3, 0.4) is 0 Å². The Kier molecular flexibility index (Phi) is 5.73. The summed E-state index contributed by atoms with van der Waals surface area (Å²) in [4.78, 5) is 48.2. The van der Waals surface area contributed by atoms with Crippen LogP contribution in [0.5, 0.6) is 0 Å².